The van der Waals surface area contributed by atoms with Gasteiger partial charge in [0.2, 0.25) is 17.7 Å². The fraction of sp³-hybridized carbons (Fsp3) is 0.522. The number of carboxylic acid groups (broad SMARTS) is 1. The summed E-state index contributed by atoms with van der Waals surface area (Å²) in [6, 6.07) is -4.33. The van der Waals surface area contributed by atoms with Crippen molar-refractivity contribution < 1.29 is 24.3 Å². The van der Waals surface area contributed by atoms with Gasteiger partial charge in [-0.2, -0.15) is 11.8 Å². The number of thioether (sulfide) groups is 1. The highest BCUT2D eigenvalue weighted by Gasteiger charge is 2.31. The molecule has 4 atom stereocenters. The predicted molar refractivity (Wildman–Crippen MR) is 149 cm³/mol. The molecule has 2 aromatic rings. The Morgan fingerprint density at radius 2 is 1.48 bits per heavy atom. The lowest BCUT2D eigenvalue weighted by molar-refractivity contribution is -0.142. The van der Waals surface area contributed by atoms with Gasteiger partial charge < -0.3 is 48.2 Å². The lowest BCUT2D eigenvalue weighted by atomic mass is 10.1. The second-order valence-electron chi connectivity index (χ2n) is 8.92. The quantitative estimate of drug-likeness (QED) is 0.0509. The van der Waals surface area contributed by atoms with Crippen molar-refractivity contribution in [3.63, 3.8) is 0 Å². The van der Waals surface area contributed by atoms with Gasteiger partial charge >= 0.3 is 5.97 Å². The molecule has 220 valence electrons. The van der Waals surface area contributed by atoms with Crippen LogP contribution >= 0.6 is 11.8 Å². The minimum Gasteiger partial charge on any atom is -0.480 e. The Balaban J connectivity index is 2.12. The van der Waals surface area contributed by atoms with Crippen LogP contribution in [0.1, 0.15) is 30.7 Å². The van der Waals surface area contributed by atoms with E-state index in [1.807, 2.05) is 6.26 Å². The van der Waals surface area contributed by atoms with Gasteiger partial charge in [-0.1, -0.05) is 0 Å². The number of nitrogens with zero attached hydrogens (tertiary/aromatic N) is 3. The number of carbonyl (C=O) groups is 4. The summed E-state index contributed by atoms with van der Waals surface area (Å²) < 4.78 is 0. The lowest BCUT2D eigenvalue weighted by Crippen LogP contribution is -2.58. The fourth-order valence-corrected chi connectivity index (χ4v) is 4.09. The van der Waals surface area contributed by atoms with Gasteiger partial charge in [-0.25, -0.2) is 14.8 Å². The highest BCUT2D eigenvalue weighted by molar-refractivity contribution is 7.98. The standard InChI is InChI=1S/C23H37N11O5S/c1-40-6-4-16(32-19(35)15(24)3-2-5-29-23(25)26)20(36)33-17(7-13-9-27-11-30-13)21(37)34-18(22(38)39)8-14-10-28-12-31-14/h9-12,15-18H,2-8,24H2,1H3,(H,27,30)(H,28,31)(H,32,35)(H,33,36)(H,34,37)(H,38,39)(H4,25,26,29). The summed E-state index contributed by atoms with van der Waals surface area (Å²) in [5, 5.41) is 17.4. The Bertz CT molecular complexity index is 1110. The Hall–Kier alpha value is -4.12. The predicted octanol–water partition coefficient (Wildman–Crippen LogP) is -2.41. The summed E-state index contributed by atoms with van der Waals surface area (Å²) in [6.45, 7) is 0.307. The molecular weight excluding hydrogens is 542 g/mol. The van der Waals surface area contributed by atoms with Crippen molar-refractivity contribution in [2.45, 2.75) is 56.3 Å². The van der Waals surface area contributed by atoms with Gasteiger partial charge in [0.25, 0.3) is 0 Å². The van der Waals surface area contributed by atoms with Crippen molar-refractivity contribution in [2.75, 3.05) is 18.6 Å². The summed E-state index contributed by atoms with van der Waals surface area (Å²) in [5.74, 6) is -2.65. The van der Waals surface area contributed by atoms with Gasteiger partial charge in [-0.3, -0.25) is 19.4 Å². The van der Waals surface area contributed by atoms with Crippen LogP contribution in [-0.4, -0.2) is 97.4 Å². The topological polar surface area (TPSA) is 272 Å². The van der Waals surface area contributed by atoms with E-state index in [0.29, 0.717) is 30.1 Å². The first kappa shape index (κ1) is 32.1. The average molecular weight is 580 g/mol. The number of nitrogens with two attached hydrogens (primary N) is 3. The molecular formula is C23H37N11O5S. The van der Waals surface area contributed by atoms with E-state index in [2.05, 4.69) is 40.9 Å². The number of aliphatic carboxylic acids is 1. The number of nitrogens with one attached hydrogen (secondary N) is 5. The van der Waals surface area contributed by atoms with Crippen LogP contribution < -0.4 is 33.2 Å². The molecule has 0 aromatic carbocycles. The molecule has 0 spiro atoms. The number of rotatable bonds is 18. The van der Waals surface area contributed by atoms with Gasteiger partial charge in [0.05, 0.1) is 18.7 Å². The molecule has 2 rings (SSSR count). The normalized spacial score (nSPS) is 13.8. The Labute approximate surface area is 235 Å². The van der Waals surface area contributed by atoms with E-state index in [-0.39, 0.29) is 31.6 Å². The van der Waals surface area contributed by atoms with E-state index >= 15 is 0 Å². The molecule has 12 N–H and O–H groups in total. The first-order valence-electron chi connectivity index (χ1n) is 12.5. The lowest BCUT2D eigenvalue weighted by Gasteiger charge is -2.25. The number of aromatic nitrogens is 4. The molecule has 2 heterocycles. The highest BCUT2D eigenvalue weighted by Crippen LogP contribution is 2.07. The molecule has 0 radical (unpaired) electrons. The SMILES string of the molecule is CSCCC(NC(=O)C(N)CCCN=C(N)N)C(=O)NC(Cc1cnc[nH]1)C(=O)NC(Cc1cnc[nH]1)C(=O)O. The molecule has 0 aliphatic heterocycles. The zero-order valence-electron chi connectivity index (χ0n) is 22.1. The van der Waals surface area contributed by atoms with E-state index in [1.165, 1.54) is 36.8 Å². The summed E-state index contributed by atoms with van der Waals surface area (Å²) in [4.78, 5) is 68.4. The number of aromatic amines is 2. The number of hydrogen-bond donors (Lipinski definition) is 9. The van der Waals surface area contributed by atoms with E-state index in [4.69, 9.17) is 17.2 Å². The smallest absolute Gasteiger partial charge is 0.326 e. The van der Waals surface area contributed by atoms with Crippen molar-refractivity contribution in [3.8, 4) is 0 Å². The minimum absolute atomic E-state index is 0.00146. The zero-order chi connectivity index (χ0) is 29.5. The molecule has 0 saturated carbocycles. The molecule has 2 aromatic heterocycles. The first-order valence-corrected chi connectivity index (χ1v) is 13.9. The molecule has 0 bridgehead atoms. The van der Waals surface area contributed by atoms with Crippen LogP contribution in [0.25, 0.3) is 0 Å². The third-order valence-electron chi connectivity index (χ3n) is 5.75. The summed E-state index contributed by atoms with van der Waals surface area (Å²) >= 11 is 1.48. The molecule has 0 aliphatic carbocycles. The summed E-state index contributed by atoms with van der Waals surface area (Å²) in [6.07, 6.45) is 8.59. The molecule has 17 heteroatoms. The molecule has 4 unspecified atom stereocenters. The fourth-order valence-electron chi connectivity index (χ4n) is 3.62. The maximum Gasteiger partial charge on any atom is 0.326 e. The number of H-pyrrole nitrogens is 2. The van der Waals surface area contributed by atoms with Crippen LogP contribution in [0.4, 0.5) is 0 Å². The third-order valence-corrected chi connectivity index (χ3v) is 6.40. The monoisotopic (exact) mass is 579 g/mol. The first-order chi connectivity index (χ1) is 19.1. The van der Waals surface area contributed by atoms with Crippen LogP contribution in [0.2, 0.25) is 0 Å². The number of carbonyl (C=O) groups excluding carboxylic acids is 3. The van der Waals surface area contributed by atoms with Crippen molar-refractivity contribution in [3.05, 3.63) is 36.4 Å². The third kappa shape index (κ3) is 11.3. The van der Waals surface area contributed by atoms with Gasteiger partial charge in [-0.15, -0.1) is 0 Å². The second kappa shape index (κ2) is 16.8. The second-order valence-corrected chi connectivity index (χ2v) is 9.91. The molecule has 40 heavy (non-hydrogen) atoms. The molecule has 16 nitrogen and oxygen atoms in total. The Morgan fingerprint density at radius 3 is 2.00 bits per heavy atom. The maximum atomic E-state index is 13.3. The number of amides is 3. The molecule has 3 amide bonds. The van der Waals surface area contributed by atoms with Crippen LogP contribution in [-0.2, 0) is 32.0 Å². The van der Waals surface area contributed by atoms with Crippen molar-refractivity contribution in [1.82, 2.24) is 35.9 Å². The molecule has 0 saturated heterocycles. The van der Waals surface area contributed by atoms with E-state index in [9.17, 15) is 24.3 Å². The van der Waals surface area contributed by atoms with Gasteiger partial charge in [-0.05, 0) is 31.3 Å². The molecule has 0 aliphatic rings. The number of carboxylic acids is 1. The minimum atomic E-state index is -1.28. The zero-order valence-corrected chi connectivity index (χ0v) is 22.9. The number of imidazole rings is 2. The van der Waals surface area contributed by atoms with Crippen LogP contribution in [0, 0.1) is 0 Å². The van der Waals surface area contributed by atoms with Crippen LogP contribution in [0.3, 0.4) is 0 Å². The van der Waals surface area contributed by atoms with Gasteiger partial charge in [0.1, 0.15) is 18.1 Å². The van der Waals surface area contributed by atoms with Gasteiger partial charge in [0.15, 0.2) is 5.96 Å². The van der Waals surface area contributed by atoms with Crippen LogP contribution in [0.5, 0.6) is 0 Å². The van der Waals surface area contributed by atoms with Gasteiger partial charge in [0, 0.05) is 43.2 Å². The van der Waals surface area contributed by atoms with Crippen molar-refractivity contribution in [1.29, 1.82) is 0 Å². The Kier molecular flexibility index (Phi) is 13.4. The van der Waals surface area contributed by atoms with Crippen LogP contribution in [0.15, 0.2) is 30.0 Å². The average Bonchev–Trinajstić information content (AvgIpc) is 3.62. The Morgan fingerprint density at radius 1 is 0.925 bits per heavy atom. The summed E-state index contributed by atoms with van der Waals surface area (Å²) in [7, 11) is 0. The van der Waals surface area contributed by atoms with Crippen molar-refractivity contribution >= 4 is 41.4 Å². The summed E-state index contributed by atoms with van der Waals surface area (Å²) in [5.41, 5.74) is 17.6. The highest BCUT2D eigenvalue weighted by atomic mass is 32.2. The van der Waals surface area contributed by atoms with E-state index in [1.54, 1.807) is 0 Å². The number of guanidine groups is 1. The largest absolute Gasteiger partial charge is 0.480 e. The number of aliphatic imine (C=N–C) groups is 1. The maximum absolute atomic E-state index is 13.3. The molecule has 0 fully saturated rings. The number of hydrogen-bond acceptors (Lipinski definition) is 9. The van der Waals surface area contributed by atoms with E-state index in [0.717, 1.165) is 0 Å². The van der Waals surface area contributed by atoms with E-state index < -0.39 is 47.9 Å². The van der Waals surface area contributed by atoms with Crippen molar-refractivity contribution in [2.24, 2.45) is 22.2 Å².